The minimum Gasteiger partial charge on any atom is -0.461 e. The number of amides is 1. The maximum Gasteiger partial charge on any atom is 0.238 e. The van der Waals surface area contributed by atoms with E-state index in [-0.39, 0.29) is 12.3 Å². The average Bonchev–Trinajstić information content (AvgIpc) is 3.41. The SMILES string of the molecule is O=C(CCc1nc(-c2ccco2)no1)Nc1cc(Cl)ccc1-n1cncn1. The summed E-state index contributed by atoms with van der Waals surface area (Å²) in [5.74, 6) is 0.972. The van der Waals surface area contributed by atoms with Gasteiger partial charge in [-0.3, -0.25) is 4.79 Å². The quantitative estimate of drug-likeness (QED) is 0.543. The van der Waals surface area contributed by atoms with Crippen molar-refractivity contribution in [3.63, 3.8) is 0 Å². The second-order valence-electron chi connectivity index (χ2n) is 5.54. The molecule has 0 unspecified atom stereocenters. The largest absolute Gasteiger partial charge is 0.461 e. The summed E-state index contributed by atoms with van der Waals surface area (Å²) in [5.41, 5.74) is 1.18. The number of aryl methyl sites for hydroxylation is 1. The number of benzene rings is 1. The Balaban J connectivity index is 1.42. The molecule has 0 fully saturated rings. The molecule has 0 spiro atoms. The zero-order chi connectivity index (χ0) is 18.6. The summed E-state index contributed by atoms with van der Waals surface area (Å²) >= 11 is 6.05. The van der Waals surface area contributed by atoms with Gasteiger partial charge in [-0.2, -0.15) is 10.1 Å². The monoisotopic (exact) mass is 384 g/mol. The smallest absolute Gasteiger partial charge is 0.238 e. The highest BCUT2D eigenvalue weighted by molar-refractivity contribution is 6.31. The molecule has 3 aromatic heterocycles. The van der Waals surface area contributed by atoms with E-state index in [0.717, 1.165) is 0 Å². The van der Waals surface area contributed by atoms with Crippen LogP contribution in [0.5, 0.6) is 0 Å². The van der Waals surface area contributed by atoms with Crippen molar-refractivity contribution in [3.05, 3.63) is 60.2 Å². The van der Waals surface area contributed by atoms with E-state index in [1.54, 1.807) is 35.0 Å². The second-order valence-corrected chi connectivity index (χ2v) is 5.98. The van der Waals surface area contributed by atoms with Crippen LogP contribution in [0.1, 0.15) is 12.3 Å². The van der Waals surface area contributed by atoms with Gasteiger partial charge in [0.2, 0.25) is 17.6 Å². The predicted octanol–water partition coefficient (Wildman–Crippen LogP) is 3.14. The van der Waals surface area contributed by atoms with Crippen molar-refractivity contribution in [1.82, 2.24) is 24.9 Å². The number of halogens is 1. The Bertz CT molecular complexity index is 1040. The predicted molar refractivity (Wildman–Crippen MR) is 95.3 cm³/mol. The van der Waals surface area contributed by atoms with Crippen molar-refractivity contribution in [2.45, 2.75) is 12.8 Å². The Morgan fingerprint density at radius 1 is 1.30 bits per heavy atom. The van der Waals surface area contributed by atoms with Crippen LogP contribution in [0.2, 0.25) is 5.02 Å². The first-order valence-corrected chi connectivity index (χ1v) is 8.38. The topological polar surface area (TPSA) is 112 Å². The molecule has 0 saturated carbocycles. The Morgan fingerprint density at radius 3 is 3.00 bits per heavy atom. The molecule has 0 aliphatic heterocycles. The van der Waals surface area contributed by atoms with Crippen molar-refractivity contribution in [2.75, 3.05) is 5.32 Å². The van der Waals surface area contributed by atoms with E-state index in [1.165, 1.54) is 18.9 Å². The molecule has 4 aromatic rings. The highest BCUT2D eigenvalue weighted by Crippen LogP contribution is 2.24. The number of hydrogen-bond donors (Lipinski definition) is 1. The van der Waals surface area contributed by atoms with Crippen molar-refractivity contribution >= 4 is 23.2 Å². The van der Waals surface area contributed by atoms with Crippen LogP contribution in [0.3, 0.4) is 0 Å². The van der Waals surface area contributed by atoms with Gasteiger partial charge in [-0.1, -0.05) is 16.8 Å². The molecular weight excluding hydrogens is 372 g/mol. The van der Waals surface area contributed by atoms with Crippen LogP contribution < -0.4 is 5.32 Å². The van der Waals surface area contributed by atoms with Crippen molar-refractivity contribution < 1.29 is 13.7 Å². The van der Waals surface area contributed by atoms with Gasteiger partial charge in [0.15, 0.2) is 5.76 Å². The average molecular weight is 385 g/mol. The lowest BCUT2D eigenvalue weighted by Gasteiger charge is -2.11. The lowest BCUT2D eigenvalue weighted by molar-refractivity contribution is -0.116. The molecule has 9 nitrogen and oxygen atoms in total. The van der Waals surface area contributed by atoms with Crippen LogP contribution in [-0.4, -0.2) is 30.8 Å². The van der Waals surface area contributed by atoms with Crippen molar-refractivity contribution in [2.24, 2.45) is 0 Å². The molecule has 10 heteroatoms. The summed E-state index contributed by atoms with van der Waals surface area (Å²) < 4.78 is 11.9. The van der Waals surface area contributed by atoms with Gasteiger partial charge in [-0.25, -0.2) is 9.67 Å². The fourth-order valence-corrected chi connectivity index (χ4v) is 2.61. The lowest BCUT2D eigenvalue weighted by atomic mass is 10.2. The second kappa shape index (κ2) is 7.42. The van der Waals surface area contributed by atoms with E-state index in [4.69, 9.17) is 20.5 Å². The van der Waals surface area contributed by atoms with Crippen molar-refractivity contribution in [3.8, 4) is 17.3 Å². The van der Waals surface area contributed by atoms with Gasteiger partial charge in [-0.05, 0) is 30.3 Å². The highest BCUT2D eigenvalue weighted by atomic mass is 35.5. The van der Waals surface area contributed by atoms with Crippen molar-refractivity contribution in [1.29, 1.82) is 0 Å². The lowest BCUT2D eigenvalue weighted by Crippen LogP contribution is -2.14. The molecule has 0 aliphatic carbocycles. The molecule has 4 rings (SSSR count). The number of rotatable bonds is 6. The fraction of sp³-hybridized carbons (Fsp3) is 0.118. The summed E-state index contributed by atoms with van der Waals surface area (Å²) in [4.78, 5) is 20.5. The molecule has 0 bridgehead atoms. The molecule has 1 aromatic carbocycles. The van der Waals surface area contributed by atoms with E-state index in [0.29, 0.717) is 40.3 Å². The summed E-state index contributed by atoms with van der Waals surface area (Å²) in [6.45, 7) is 0. The number of anilines is 1. The fourth-order valence-electron chi connectivity index (χ4n) is 2.44. The Labute approximate surface area is 158 Å². The van der Waals surface area contributed by atoms with E-state index >= 15 is 0 Å². The van der Waals surface area contributed by atoms with Crippen LogP contribution in [0.15, 0.2) is 58.2 Å². The van der Waals surface area contributed by atoms with Gasteiger partial charge in [0, 0.05) is 17.9 Å². The molecule has 136 valence electrons. The van der Waals surface area contributed by atoms with Gasteiger partial charge in [0.05, 0.1) is 17.6 Å². The first kappa shape index (κ1) is 17.0. The standard InChI is InChI=1S/C17H13ClN6O3/c18-11-3-4-13(24-10-19-9-20-24)12(8-11)21-15(25)5-6-16-22-17(23-27-16)14-2-1-7-26-14/h1-4,7-10H,5-6H2,(H,21,25). The minimum absolute atomic E-state index is 0.156. The van der Waals surface area contributed by atoms with Gasteiger partial charge >= 0.3 is 0 Å². The van der Waals surface area contributed by atoms with Gasteiger partial charge in [0.25, 0.3) is 0 Å². The summed E-state index contributed by atoms with van der Waals surface area (Å²) in [5, 5.41) is 11.2. The van der Waals surface area contributed by atoms with Crippen LogP contribution in [-0.2, 0) is 11.2 Å². The van der Waals surface area contributed by atoms with Gasteiger partial charge < -0.3 is 14.3 Å². The number of aromatic nitrogens is 5. The molecule has 1 amide bonds. The van der Waals surface area contributed by atoms with Crippen LogP contribution >= 0.6 is 11.6 Å². The Morgan fingerprint density at radius 2 is 2.22 bits per heavy atom. The van der Waals surface area contributed by atoms with Gasteiger partial charge in [0.1, 0.15) is 12.7 Å². The summed E-state index contributed by atoms with van der Waals surface area (Å²) in [6, 6.07) is 8.57. The van der Waals surface area contributed by atoms with Crippen LogP contribution in [0.25, 0.3) is 17.3 Å². The third-order valence-electron chi connectivity index (χ3n) is 3.67. The maximum atomic E-state index is 12.3. The third-order valence-corrected chi connectivity index (χ3v) is 3.91. The van der Waals surface area contributed by atoms with E-state index in [2.05, 4.69) is 25.5 Å². The molecule has 1 N–H and O–H groups in total. The molecule has 0 atom stereocenters. The molecule has 0 radical (unpaired) electrons. The van der Waals surface area contributed by atoms with Crippen LogP contribution in [0.4, 0.5) is 5.69 Å². The third kappa shape index (κ3) is 3.87. The first-order valence-electron chi connectivity index (χ1n) is 8.00. The van der Waals surface area contributed by atoms with E-state index < -0.39 is 0 Å². The summed E-state index contributed by atoms with van der Waals surface area (Å²) in [6.07, 6.45) is 4.91. The number of hydrogen-bond acceptors (Lipinski definition) is 7. The minimum atomic E-state index is -0.226. The maximum absolute atomic E-state index is 12.3. The van der Waals surface area contributed by atoms with Crippen LogP contribution in [0, 0.1) is 0 Å². The molecular formula is C17H13ClN6O3. The van der Waals surface area contributed by atoms with E-state index in [9.17, 15) is 4.79 Å². The number of furan rings is 1. The Kier molecular flexibility index (Phi) is 4.67. The number of carbonyl (C=O) groups is 1. The molecule has 3 heterocycles. The zero-order valence-electron chi connectivity index (χ0n) is 13.9. The molecule has 0 saturated heterocycles. The number of carbonyl (C=O) groups excluding carboxylic acids is 1. The van der Waals surface area contributed by atoms with E-state index in [1.807, 2.05) is 0 Å². The van der Waals surface area contributed by atoms with Gasteiger partial charge in [-0.15, -0.1) is 0 Å². The first-order chi connectivity index (χ1) is 13.2. The number of nitrogens with zero attached hydrogens (tertiary/aromatic N) is 5. The molecule has 27 heavy (non-hydrogen) atoms. The molecule has 0 aliphatic rings. The normalized spacial score (nSPS) is 10.9. The zero-order valence-corrected chi connectivity index (χ0v) is 14.6. The Hall–Kier alpha value is -3.46. The summed E-state index contributed by atoms with van der Waals surface area (Å²) in [7, 11) is 0. The highest BCUT2D eigenvalue weighted by Gasteiger charge is 2.14. The number of nitrogens with one attached hydrogen (secondary N) is 1.